The molecule has 19 heavy (non-hydrogen) atoms. The highest BCUT2D eigenvalue weighted by atomic mass is 16.5. The summed E-state index contributed by atoms with van der Waals surface area (Å²) in [7, 11) is 0. The van der Waals surface area contributed by atoms with Gasteiger partial charge in [0, 0.05) is 12.0 Å². The number of ether oxygens (including phenoxy) is 2. The third kappa shape index (κ3) is 6.48. The standard InChI is InChI=1S/C16H27NO2/c1-5-11-18-14-7-9-15(10-8-14)19-13-16(3,4)12-17-6-2/h7-10,17H,5-6,11-13H2,1-4H3. The number of hydrogen-bond donors (Lipinski definition) is 1. The summed E-state index contributed by atoms with van der Waals surface area (Å²) in [4.78, 5) is 0. The van der Waals surface area contributed by atoms with Crippen molar-refractivity contribution in [3.05, 3.63) is 24.3 Å². The molecule has 0 spiro atoms. The highest BCUT2D eigenvalue weighted by molar-refractivity contribution is 5.31. The van der Waals surface area contributed by atoms with Crippen molar-refractivity contribution in [2.45, 2.75) is 34.1 Å². The van der Waals surface area contributed by atoms with E-state index in [0.29, 0.717) is 6.61 Å². The second kappa shape index (κ2) is 8.05. The number of hydrogen-bond acceptors (Lipinski definition) is 3. The summed E-state index contributed by atoms with van der Waals surface area (Å²) in [5, 5.41) is 3.36. The lowest BCUT2D eigenvalue weighted by molar-refractivity contribution is 0.177. The lowest BCUT2D eigenvalue weighted by atomic mass is 9.95. The van der Waals surface area contributed by atoms with E-state index in [0.717, 1.165) is 37.6 Å². The second-order valence-corrected chi connectivity index (χ2v) is 5.55. The number of rotatable bonds is 9. The van der Waals surface area contributed by atoms with Crippen LogP contribution in [-0.4, -0.2) is 26.3 Å². The first-order valence-electron chi connectivity index (χ1n) is 7.14. The molecule has 0 atom stereocenters. The van der Waals surface area contributed by atoms with Crippen molar-refractivity contribution in [2.75, 3.05) is 26.3 Å². The van der Waals surface area contributed by atoms with Crippen LogP contribution in [0.5, 0.6) is 11.5 Å². The molecule has 1 N–H and O–H groups in total. The monoisotopic (exact) mass is 265 g/mol. The molecule has 0 aliphatic rings. The molecule has 1 aromatic rings. The van der Waals surface area contributed by atoms with E-state index in [-0.39, 0.29) is 5.41 Å². The molecule has 1 aromatic carbocycles. The fraction of sp³-hybridized carbons (Fsp3) is 0.625. The normalized spacial score (nSPS) is 11.4. The Balaban J connectivity index is 2.40. The van der Waals surface area contributed by atoms with E-state index in [1.165, 1.54) is 0 Å². The van der Waals surface area contributed by atoms with Crippen LogP contribution >= 0.6 is 0 Å². The Kier molecular flexibility index (Phi) is 6.71. The average Bonchev–Trinajstić information content (AvgIpc) is 2.42. The number of nitrogens with one attached hydrogen (secondary N) is 1. The highest BCUT2D eigenvalue weighted by Crippen LogP contribution is 2.21. The van der Waals surface area contributed by atoms with E-state index in [1.807, 2.05) is 24.3 Å². The summed E-state index contributed by atoms with van der Waals surface area (Å²) in [6.45, 7) is 12.0. The van der Waals surface area contributed by atoms with Crippen molar-refractivity contribution in [1.29, 1.82) is 0 Å². The molecule has 0 unspecified atom stereocenters. The molecule has 0 heterocycles. The Morgan fingerprint density at radius 1 is 1.00 bits per heavy atom. The Morgan fingerprint density at radius 2 is 1.58 bits per heavy atom. The fourth-order valence-electron chi connectivity index (χ4n) is 1.65. The van der Waals surface area contributed by atoms with Crippen LogP contribution in [0.3, 0.4) is 0 Å². The third-order valence-electron chi connectivity index (χ3n) is 2.78. The fourth-order valence-corrected chi connectivity index (χ4v) is 1.65. The number of benzene rings is 1. The van der Waals surface area contributed by atoms with E-state index >= 15 is 0 Å². The van der Waals surface area contributed by atoms with Gasteiger partial charge in [-0.25, -0.2) is 0 Å². The quantitative estimate of drug-likeness (QED) is 0.741. The van der Waals surface area contributed by atoms with Crippen molar-refractivity contribution in [3.63, 3.8) is 0 Å². The minimum Gasteiger partial charge on any atom is -0.494 e. The molecule has 0 saturated heterocycles. The van der Waals surface area contributed by atoms with Crippen LogP contribution in [0.1, 0.15) is 34.1 Å². The van der Waals surface area contributed by atoms with E-state index in [2.05, 4.69) is 33.0 Å². The summed E-state index contributed by atoms with van der Waals surface area (Å²) < 4.78 is 11.4. The molecule has 1 rings (SSSR count). The first-order chi connectivity index (χ1) is 9.07. The second-order valence-electron chi connectivity index (χ2n) is 5.55. The SMILES string of the molecule is CCCOc1ccc(OCC(C)(C)CNCC)cc1. The van der Waals surface area contributed by atoms with Crippen molar-refractivity contribution in [2.24, 2.45) is 5.41 Å². The van der Waals surface area contributed by atoms with Gasteiger partial charge in [0.15, 0.2) is 0 Å². The Hall–Kier alpha value is -1.22. The molecule has 0 saturated carbocycles. The molecule has 0 radical (unpaired) electrons. The van der Waals surface area contributed by atoms with Crippen LogP contribution in [0.25, 0.3) is 0 Å². The van der Waals surface area contributed by atoms with Crippen LogP contribution in [-0.2, 0) is 0 Å². The molecule has 0 fully saturated rings. The van der Waals surface area contributed by atoms with Crippen molar-refractivity contribution < 1.29 is 9.47 Å². The summed E-state index contributed by atoms with van der Waals surface area (Å²) in [5.74, 6) is 1.80. The predicted octanol–water partition coefficient (Wildman–Crippen LogP) is 3.49. The molecule has 108 valence electrons. The van der Waals surface area contributed by atoms with Crippen LogP contribution in [0.2, 0.25) is 0 Å². The summed E-state index contributed by atoms with van der Waals surface area (Å²) in [5.41, 5.74) is 0.132. The van der Waals surface area contributed by atoms with Gasteiger partial charge in [0.1, 0.15) is 11.5 Å². The lowest BCUT2D eigenvalue weighted by Gasteiger charge is -2.25. The smallest absolute Gasteiger partial charge is 0.119 e. The molecular weight excluding hydrogens is 238 g/mol. The van der Waals surface area contributed by atoms with Crippen LogP contribution in [0.15, 0.2) is 24.3 Å². The van der Waals surface area contributed by atoms with Crippen LogP contribution in [0.4, 0.5) is 0 Å². The zero-order chi connectivity index (χ0) is 14.1. The lowest BCUT2D eigenvalue weighted by Crippen LogP contribution is -2.34. The van der Waals surface area contributed by atoms with Crippen LogP contribution in [0, 0.1) is 5.41 Å². The van der Waals surface area contributed by atoms with Gasteiger partial charge in [0.2, 0.25) is 0 Å². The third-order valence-corrected chi connectivity index (χ3v) is 2.78. The van der Waals surface area contributed by atoms with Crippen LogP contribution < -0.4 is 14.8 Å². The van der Waals surface area contributed by atoms with E-state index < -0.39 is 0 Å². The Bertz CT molecular complexity index is 346. The van der Waals surface area contributed by atoms with Crippen molar-refractivity contribution in [3.8, 4) is 11.5 Å². The van der Waals surface area contributed by atoms with Gasteiger partial charge in [-0.2, -0.15) is 0 Å². The van der Waals surface area contributed by atoms with Gasteiger partial charge in [0.05, 0.1) is 13.2 Å². The summed E-state index contributed by atoms with van der Waals surface area (Å²) >= 11 is 0. The topological polar surface area (TPSA) is 30.5 Å². The summed E-state index contributed by atoms with van der Waals surface area (Å²) in [6.07, 6.45) is 1.02. The molecule has 3 nitrogen and oxygen atoms in total. The summed E-state index contributed by atoms with van der Waals surface area (Å²) in [6, 6.07) is 7.85. The van der Waals surface area contributed by atoms with Gasteiger partial charge in [0.25, 0.3) is 0 Å². The minimum atomic E-state index is 0.132. The van der Waals surface area contributed by atoms with Crippen molar-refractivity contribution >= 4 is 0 Å². The maximum absolute atomic E-state index is 5.83. The van der Waals surface area contributed by atoms with E-state index in [4.69, 9.17) is 9.47 Å². The molecule has 0 aliphatic carbocycles. The maximum Gasteiger partial charge on any atom is 0.119 e. The molecule has 0 aliphatic heterocycles. The van der Waals surface area contributed by atoms with E-state index in [1.54, 1.807) is 0 Å². The molecule has 0 amide bonds. The zero-order valence-corrected chi connectivity index (χ0v) is 12.7. The van der Waals surface area contributed by atoms with Gasteiger partial charge in [-0.1, -0.05) is 27.7 Å². The Morgan fingerprint density at radius 3 is 2.11 bits per heavy atom. The first-order valence-corrected chi connectivity index (χ1v) is 7.14. The van der Waals surface area contributed by atoms with Gasteiger partial charge in [-0.15, -0.1) is 0 Å². The largest absolute Gasteiger partial charge is 0.494 e. The molecule has 3 heteroatoms. The maximum atomic E-state index is 5.83. The van der Waals surface area contributed by atoms with Gasteiger partial charge < -0.3 is 14.8 Å². The molecule has 0 bridgehead atoms. The molecular formula is C16H27NO2. The molecule has 0 aromatic heterocycles. The van der Waals surface area contributed by atoms with Gasteiger partial charge in [-0.05, 0) is 37.2 Å². The first kappa shape index (κ1) is 15.8. The predicted molar refractivity (Wildman–Crippen MR) is 80.0 cm³/mol. The minimum absolute atomic E-state index is 0.132. The van der Waals surface area contributed by atoms with E-state index in [9.17, 15) is 0 Å². The zero-order valence-electron chi connectivity index (χ0n) is 12.7. The average molecular weight is 265 g/mol. The van der Waals surface area contributed by atoms with Gasteiger partial charge >= 0.3 is 0 Å². The highest BCUT2D eigenvalue weighted by Gasteiger charge is 2.18. The van der Waals surface area contributed by atoms with Gasteiger partial charge in [-0.3, -0.25) is 0 Å². The van der Waals surface area contributed by atoms with Crippen molar-refractivity contribution in [1.82, 2.24) is 5.32 Å². The Labute approximate surface area is 117 Å².